The van der Waals surface area contributed by atoms with E-state index in [4.69, 9.17) is 11.6 Å². The van der Waals surface area contributed by atoms with E-state index in [-0.39, 0.29) is 0 Å². The van der Waals surface area contributed by atoms with Crippen molar-refractivity contribution in [3.63, 3.8) is 0 Å². The second-order valence-corrected chi connectivity index (χ2v) is 6.16. The molecule has 2 bridgehead atoms. The van der Waals surface area contributed by atoms with Crippen LogP contribution in [0.15, 0.2) is 36.4 Å². The third-order valence-corrected chi connectivity index (χ3v) is 4.69. The quantitative estimate of drug-likeness (QED) is 0.801. The molecule has 1 aromatic carbocycles. The topological polar surface area (TPSA) is 12.0 Å². The van der Waals surface area contributed by atoms with Crippen LogP contribution in [0, 0.1) is 17.8 Å². The van der Waals surface area contributed by atoms with Crippen LogP contribution in [0.25, 0.3) is 0 Å². The highest BCUT2D eigenvalue weighted by Gasteiger charge is 2.35. The summed E-state index contributed by atoms with van der Waals surface area (Å²) in [5.41, 5.74) is 1.28. The first-order valence-electron chi connectivity index (χ1n) is 6.89. The lowest BCUT2D eigenvalue weighted by atomic mass is 9.93. The molecule has 2 aliphatic carbocycles. The number of allylic oxidation sites excluding steroid dienone is 2. The Kier molecular flexibility index (Phi) is 3.45. The lowest BCUT2D eigenvalue weighted by Gasteiger charge is -2.22. The van der Waals surface area contributed by atoms with Crippen LogP contribution in [-0.4, -0.2) is 6.54 Å². The Morgan fingerprint density at radius 1 is 1.33 bits per heavy atom. The van der Waals surface area contributed by atoms with E-state index in [9.17, 15) is 0 Å². The van der Waals surface area contributed by atoms with Gasteiger partial charge in [-0.3, -0.25) is 0 Å². The molecule has 0 saturated heterocycles. The van der Waals surface area contributed by atoms with Gasteiger partial charge in [0, 0.05) is 11.1 Å². The van der Waals surface area contributed by atoms with Gasteiger partial charge in [0.25, 0.3) is 0 Å². The summed E-state index contributed by atoms with van der Waals surface area (Å²) >= 11 is 6.03. The van der Waals surface area contributed by atoms with Crippen molar-refractivity contribution in [2.75, 3.05) is 6.54 Å². The number of hydrogen-bond donors (Lipinski definition) is 1. The van der Waals surface area contributed by atoms with E-state index in [1.165, 1.54) is 18.4 Å². The first-order chi connectivity index (χ1) is 8.72. The maximum atomic E-state index is 6.03. The number of fused-ring (bicyclic) bond motifs is 2. The molecule has 1 aromatic rings. The number of halogens is 1. The molecule has 0 spiro atoms. The van der Waals surface area contributed by atoms with Crippen molar-refractivity contribution in [2.45, 2.75) is 25.8 Å². The van der Waals surface area contributed by atoms with Gasteiger partial charge in [0.1, 0.15) is 0 Å². The normalized spacial score (nSPS) is 30.9. The number of nitrogens with one attached hydrogen (secondary N) is 1. The molecule has 4 atom stereocenters. The van der Waals surface area contributed by atoms with Gasteiger partial charge >= 0.3 is 0 Å². The Labute approximate surface area is 114 Å². The van der Waals surface area contributed by atoms with Crippen LogP contribution in [0.2, 0.25) is 5.02 Å². The van der Waals surface area contributed by atoms with Gasteiger partial charge in [-0.15, -0.1) is 0 Å². The van der Waals surface area contributed by atoms with Crippen molar-refractivity contribution in [3.8, 4) is 0 Å². The summed E-state index contributed by atoms with van der Waals surface area (Å²) in [5.74, 6) is 2.53. The van der Waals surface area contributed by atoms with Crippen LogP contribution in [0.3, 0.4) is 0 Å². The summed E-state index contributed by atoms with van der Waals surface area (Å²) in [4.78, 5) is 0. The summed E-state index contributed by atoms with van der Waals surface area (Å²) in [6, 6.07) is 8.53. The Hall–Kier alpha value is -0.790. The Balaban J connectivity index is 1.55. The molecule has 0 radical (unpaired) electrons. The molecule has 0 aromatic heterocycles. The zero-order valence-electron chi connectivity index (χ0n) is 10.8. The van der Waals surface area contributed by atoms with Gasteiger partial charge in [-0.1, -0.05) is 35.9 Å². The van der Waals surface area contributed by atoms with Gasteiger partial charge in [-0.05, 0) is 61.8 Å². The maximum absolute atomic E-state index is 6.03. The first kappa shape index (κ1) is 12.3. The van der Waals surface area contributed by atoms with E-state index < -0.39 is 0 Å². The zero-order chi connectivity index (χ0) is 12.5. The number of benzene rings is 1. The SMILES string of the molecule is C[C@H](NCC1CC2C=CC1C2)c1cccc(Cl)c1. The van der Waals surface area contributed by atoms with Crippen molar-refractivity contribution < 1.29 is 0 Å². The molecule has 2 heteroatoms. The molecule has 0 aliphatic heterocycles. The molecule has 3 unspecified atom stereocenters. The third-order valence-electron chi connectivity index (χ3n) is 4.45. The summed E-state index contributed by atoms with van der Waals surface area (Å²) < 4.78 is 0. The molecule has 0 heterocycles. The number of rotatable bonds is 4. The lowest BCUT2D eigenvalue weighted by Crippen LogP contribution is -2.27. The van der Waals surface area contributed by atoms with E-state index in [0.717, 1.165) is 29.3 Å². The van der Waals surface area contributed by atoms with Crippen molar-refractivity contribution >= 4 is 11.6 Å². The van der Waals surface area contributed by atoms with Crippen LogP contribution in [0.4, 0.5) is 0 Å². The minimum Gasteiger partial charge on any atom is -0.310 e. The first-order valence-corrected chi connectivity index (χ1v) is 7.27. The molecule has 3 rings (SSSR count). The largest absolute Gasteiger partial charge is 0.310 e. The fourth-order valence-electron chi connectivity index (χ4n) is 3.35. The van der Waals surface area contributed by atoms with Crippen molar-refractivity contribution in [2.24, 2.45) is 17.8 Å². The highest BCUT2D eigenvalue weighted by Crippen LogP contribution is 2.43. The van der Waals surface area contributed by atoms with Crippen molar-refractivity contribution in [1.82, 2.24) is 5.32 Å². The van der Waals surface area contributed by atoms with Gasteiger partial charge in [0.15, 0.2) is 0 Å². The zero-order valence-corrected chi connectivity index (χ0v) is 11.5. The van der Waals surface area contributed by atoms with Gasteiger partial charge < -0.3 is 5.32 Å². The third kappa shape index (κ3) is 2.48. The number of hydrogen-bond acceptors (Lipinski definition) is 1. The summed E-state index contributed by atoms with van der Waals surface area (Å²) in [6.07, 6.45) is 7.58. The Bertz CT molecular complexity index is 454. The monoisotopic (exact) mass is 261 g/mol. The minimum absolute atomic E-state index is 0.381. The maximum Gasteiger partial charge on any atom is 0.0409 e. The summed E-state index contributed by atoms with van der Waals surface area (Å²) in [5, 5.41) is 4.48. The van der Waals surface area contributed by atoms with Crippen LogP contribution < -0.4 is 5.32 Å². The molecule has 18 heavy (non-hydrogen) atoms. The second-order valence-electron chi connectivity index (χ2n) is 5.73. The highest BCUT2D eigenvalue weighted by molar-refractivity contribution is 6.30. The predicted molar refractivity (Wildman–Crippen MR) is 76.7 cm³/mol. The predicted octanol–water partition coefficient (Wildman–Crippen LogP) is 4.20. The standard InChI is InChI=1S/C16H20ClN/c1-11(13-3-2-4-16(17)9-13)18-10-15-8-12-5-6-14(15)7-12/h2-6,9,11-12,14-15,18H,7-8,10H2,1H3/t11-,12?,14?,15?/m0/s1. The Morgan fingerprint density at radius 2 is 2.22 bits per heavy atom. The van der Waals surface area contributed by atoms with E-state index in [2.05, 4.69) is 36.5 Å². The van der Waals surface area contributed by atoms with E-state index in [1.54, 1.807) is 0 Å². The van der Waals surface area contributed by atoms with Gasteiger partial charge in [-0.2, -0.15) is 0 Å². The van der Waals surface area contributed by atoms with Gasteiger partial charge in [0.2, 0.25) is 0 Å². The van der Waals surface area contributed by atoms with Crippen LogP contribution >= 0.6 is 11.6 Å². The lowest BCUT2D eigenvalue weighted by molar-refractivity contribution is 0.393. The summed E-state index contributed by atoms with van der Waals surface area (Å²) in [6.45, 7) is 3.34. The molecule has 96 valence electrons. The van der Waals surface area contributed by atoms with E-state index >= 15 is 0 Å². The summed E-state index contributed by atoms with van der Waals surface area (Å²) in [7, 11) is 0. The molecular formula is C16H20ClN. The highest BCUT2D eigenvalue weighted by atomic mass is 35.5. The van der Waals surface area contributed by atoms with Gasteiger partial charge in [-0.25, -0.2) is 0 Å². The van der Waals surface area contributed by atoms with Crippen molar-refractivity contribution in [3.05, 3.63) is 47.0 Å². The van der Waals surface area contributed by atoms with Crippen LogP contribution in [-0.2, 0) is 0 Å². The second kappa shape index (κ2) is 5.07. The van der Waals surface area contributed by atoms with Crippen LogP contribution in [0.1, 0.15) is 31.4 Å². The Morgan fingerprint density at radius 3 is 2.89 bits per heavy atom. The molecule has 1 nitrogen and oxygen atoms in total. The molecule has 0 amide bonds. The fourth-order valence-corrected chi connectivity index (χ4v) is 3.55. The molecule has 1 fully saturated rings. The van der Waals surface area contributed by atoms with Gasteiger partial charge in [0.05, 0.1) is 0 Å². The van der Waals surface area contributed by atoms with E-state index in [0.29, 0.717) is 6.04 Å². The smallest absolute Gasteiger partial charge is 0.0409 e. The average Bonchev–Trinajstić information content (AvgIpc) is 2.98. The van der Waals surface area contributed by atoms with Crippen molar-refractivity contribution in [1.29, 1.82) is 0 Å². The van der Waals surface area contributed by atoms with E-state index in [1.807, 2.05) is 12.1 Å². The minimum atomic E-state index is 0.381. The molecule has 1 saturated carbocycles. The fraction of sp³-hybridized carbons (Fsp3) is 0.500. The molecule has 2 aliphatic rings. The molecule has 1 N–H and O–H groups in total. The average molecular weight is 262 g/mol. The van der Waals surface area contributed by atoms with Crippen LogP contribution in [0.5, 0.6) is 0 Å². The molecular weight excluding hydrogens is 242 g/mol.